The Morgan fingerprint density at radius 1 is 1.33 bits per heavy atom. The van der Waals surface area contributed by atoms with Crippen LogP contribution in [-0.4, -0.2) is 23.2 Å². The fraction of sp³-hybridized carbons (Fsp3) is 0.385. The van der Waals surface area contributed by atoms with E-state index in [0.29, 0.717) is 11.7 Å². The van der Waals surface area contributed by atoms with E-state index in [-0.39, 0.29) is 0 Å². The standard InChI is InChI=1S/C13H14BrN3O/c14-11-6-2-1-5-10(11)12-16-13(18-17-12)9-4-3-7-15-8-9/h1-2,5-6,9,15H,3-4,7-8H2/t9-/m1/s1. The number of aromatic nitrogens is 2. The molecule has 1 N–H and O–H groups in total. The first-order valence-electron chi connectivity index (χ1n) is 6.14. The van der Waals surface area contributed by atoms with E-state index in [4.69, 9.17) is 4.52 Å². The Morgan fingerprint density at radius 3 is 3.00 bits per heavy atom. The van der Waals surface area contributed by atoms with Crippen molar-refractivity contribution in [2.24, 2.45) is 0 Å². The smallest absolute Gasteiger partial charge is 0.231 e. The third kappa shape index (κ3) is 2.33. The van der Waals surface area contributed by atoms with E-state index in [0.717, 1.165) is 41.9 Å². The fourth-order valence-electron chi connectivity index (χ4n) is 2.22. The molecular weight excluding hydrogens is 294 g/mol. The van der Waals surface area contributed by atoms with Crippen molar-refractivity contribution in [1.29, 1.82) is 0 Å². The van der Waals surface area contributed by atoms with Crippen molar-refractivity contribution in [3.8, 4) is 11.4 Å². The van der Waals surface area contributed by atoms with E-state index in [1.165, 1.54) is 0 Å². The summed E-state index contributed by atoms with van der Waals surface area (Å²) in [6.45, 7) is 2.01. The molecule has 0 bridgehead atoms. The molecule has 1 aliphatic rings. The Morgan fingerprint density at radius 2 is 2.22 bits per heavy atom. The van der Waals surface area contributed by atoms with E-state index < -0.39 is 0 Å². The monoisotopic (exact) mass is 307 g/mol. The number of rotatable bonds is 2. The van der Waals surface area contributed by atoms with E-state index in [2.05, 4.69) is 31.4 Å². The van der Waals surface area contributed by atoms with Gasteiger partial charge in [0.25, 0.3) is 0 Å². The maximum Gasteiger partial charge on any atom is 0.231 e. The number of piperidine rings is 1. The van der Waals surface area contributed by atoms with Crippen LogP contribution in [0, 0.1) is 0 Å². The second kappa shape index (κ2) is 5.20. The average Bonchev–Trinajstić information content (AvgIpc) is 2.90. The Kier molecular flexibility index (Phi) is 3.43. The van der Waals surface area contributed by atoms with Gasteiger partial charge in [-0.05, 0) is 31.5 Å². The molecule has 1 fully saturated rings. The Hall–Kier alpha value is -1.20. The Labute approximate surface area is 114 Å². The number of nitrogens with one attached hydrogen (secondary N) is 1. The normalized spacial score (nSPS) is 19.9. The van der Waals surface area contributed by atoms with Crippen LogP contribution in [0.5, 0.6) is 0 Å². The molecule has 0 saturated carbocycles. The minimum absolute atomic E-state index is 0.350. The lowest BCUT2D eigenvalue weighted by molar-refractivity contribution is 0.322. The minimum Gasteiger partial charge on any atom is -0.339 e. The molecule has 1 atom stereocenters. The van der Waals surface area contributed by atoms with Gasteiger partial charge in [0.05, 0.1) is 5.92 Å². The van der Waals surface area contributed by atoms with Gasteiger partial charge in [-0.15, -0.1) is 0 Å². The lowest BCUT2D eigenvalue weighted by Crippen LogP contribution is -2.28. The SMILES string of the molecule is Brc1ccccc1-c1noc([C@@H]2CCCNC2)n1. The maximum absolute atomic E-state index is 5.39. The van der Waals surface area contributed by atoms with Gasteiger partial charge in [0.2, 0.25) is 11.7 Å². The van der Waals surface area contributed by atoms with Crippen molar-refractivity contribution in [1.82, 2.24) is 15.5 Å². The molecule has 1 aromatic heterocycles. The quantitative estimate of drug-likeness (QED) is 0.926. The number of hydrogen-bond donors (Lipinski definition) is 1. The molecule has 18 heavy (non-hydrogen) atoms. The van der Waals surface area contributed by atoms with Crippen LogP contribution in [0.4, 0.5) is 0 Å². The number of hydrogen-bond acceptors (Lipinski definition) is 4. The van der Waals surface area contributed by atoms with E-state index >= 15 is 0 Å². The highest BCUT2D eigenvalue weighted by Gasteiger charge is 2.22. The van der Waals surface area contributed by atoms with Crippen LogP contribution in [0.25, 0.3) is 11.4 Å². The summed E-state index contributed by atoms with van der Waals surface area (Å²) >= 11 is 3.50. The van der Waals surface area contributed by atoms with Crippen molar-refractivity contribution in [3.63, 3.8) is 0 Å². The van der Waals surface area contributed by atoms with Crippen LogP contribution in [0.15, 0.2) is 33.3 Å². The summed E-state index contributed by atoms with van der Waals surface area (Å²) in [7, 11) is 0. The van der Waals surface area contributed by atoms with Gasteiger partial charge in [0.15, 0.2) is 0 Å². The molecule has 3 rings (SSSR count). The minimum atomic E-state index is 0.350. The second-order valence-corrected chi connectivity index (χ2v) is 5.33. The predicted octanol–water partition coefficient (Wildman–Crippen LogP) is 2.97. The summed E-state index contributed by atoms with van der Waals surface area (Å²) in [5.74, 6) is 1.75. The highest BCUT2D eigenvalue weighted by atomic mass is 79.9. The maximum atomic E-state index is 5.39. The van der Waals surface area contributed by atoms with Crippen LogP contribution in [0.1, 0.15) is 24.7 Å². The molecule has 2 heterocycles. The Balaban J connectivity index is 1.87. The number of halogens is 1. The van der Waals surface area contributed by atoms with Gasteiger partial charge < -0.3 is 9.84 Å². The molecule has 1 aliphatic heterocycles. The molecule has 5 heteroatoms. The van der Waals surface area contributed by atoms with Crippen molar-refractivity contribution < 1.29 is 4.52 Å². The van der Waals surface area contributed by atoms with Crippen LogP contribution in [0.3, 0.4) is 0 Å². The zero-order chi connectivity index (χ0) is 12.4. The van der Waals surface area contributed by atoms with Gasteiger partial charge >= 0.3 is 0 Å². The largest absolute Gasteiger partial charge is 0.339 e. The molecule has 0 unspecified atom stereocenters. The van der Waals surface area contributed by atoms with Crippen LogP contribution in [0.2, 0.25) is 0 Å². The van der Waals surface area contributed by atoms with Gasteiger partial charge in [-0.2, -0.15) is 4.98 Å². The van der Waals surface area contributed by atoms with Crippen LogP contribution >= 0.6 is 15.9 Å². The molecule has 2 aromatic rings. The Bertz CT molecular complexity index is 535. The lowest BCUT2D eigenvalue weighted by Gasteiger charge is -2.18. The van der Waals surface area contributed by atoms with E-state index in [1.807, 2.05) is 24.3 Å². The average molecular weight is 308 g/mol. The molecule has 0 aliphatic carbocycles. The summed E-state index contributed by atoms with van der Waals surface area (Å²) in [6, 6.07) is 7.91. The summed E-state index contributed by atoms with van der Waals surface area (Å²) in [6.07, 6.45) is 2.28. The first-order chi connectivity index (χ1) is 8.84. The van der Waals surface area contributed by atoms with Gasteiger partial charge in [0.1, 0.15) is 0 Å². The number of benzene rings is 1. The summed E-state index contributed by atoms with van der Waals surface area (Å²) in [5.41, 5.74) is 0.969. The topological polar surface area (TPSA) is 51.0 Å². The summed E-state index contributed by atoms with van der Waals surface area (Å²) in [4.78, 5) is 4.52. The van der Waals surface area contributed by atoms with Crippen molar-refractivity contribution >= 4 is 15.9 Å². The first-order valence-corrected chi connectivity index (χ1v) is 6.93. The van der Waals surface area contributed by atoms with E-state index in [1.54, 1.807) is 0 Å². The molecule has 1 saturated heterocycles. The molecular formula is C13H14BrN3O. The van der Waals surface area contributed by atoms with Gasteiger partial charge in [0, 0.05) is 16.6 Å². The zero-order valence-electron chi connectivity index (χ0n) is 9.90. The lowest BCUT2D eigenvalue weighted by atomic mass is 10.00. The van der Waals surface area contributed by atoms with Crippen LogP contribution in [-0.2, 0) is 0 Å². The van der Waals surface area contributed by atoms with Gasteiger partial charge in [-0.25, -0.2) is 0 Å². The first kappa shape index (κ1) is 11.9. The molecule has 1 aromatic carbocycles. The number of nitrogens with zero attached hydrogens (tertiary/aromatic N) is 2. The molecule has 94 valence electrons. The molecule has 0 radical (unpaired) electrons. The second-order valence-electron chi connectivity index (χ2n) is 4.48. The predicted molar refractivity (Wildman–Crippen MR) is 72.3 cm³/mol. The van der Waals surface area contributed by atoms with Crippen molar-refractivity contribution in [3.05, 3.63) is 34.6 Å². The van der Waals surface area contributed by atoms with Crippen molar-refractivity contribution in [2.45, 2.75) is 18.8 Å². The highest BCUT2D eigenvalue weighted by Crippen LogP contribution is 2.28. The van der Waals surface area contributed by atoms with Crippen LogP contribution < -0.4 is 5.32 Å². The molecule has 0 amide bonds. The molecule has 4 nitrogen and oxygen atoms in total. The highest BCUT2D eigenvalue weighted by molar-refractivity contribution is 9.10. The van der Waals surface area contributed by atoms with Gasteiger partial charge in [-0.3, -0.25) is 0 Å². The van der Waals surface area contributed by atoms with Crippen molar-refractivity contribution in [2.75, 3.05) is 13.1 Å². The third-order valence-corrected chi connectivity index (χ3v) is 3.89. The van der Waals surface area contributed by atoms with Gasteiger partial charge in [-0.1, -0.05) is 33.2 Å². The third-order valence-electron chi connectivity index (χ3n) is 3.20. The zero-order valence-corrected chi connectivity index (χ0v) is 11.5. The summed E-state index contributed by atoms with van der Waals surface area (Å²) < 4.78 is 6.38. The fourth-order valence-corrected chi connectivity index (χ4v) is 2.68. The van der Waals surface area contributed by atoms with E-state index in [9.17, 15) is 0 Å². The molecule has 0 spiro atoms. The summed E-state index contributed by atoms with van der Waals surface area (Å²) in [5, 5.41) is 7.44.